The Kier molecular flexibility index (Phi) is 2.99. The van der Waals surface area contributed by atoms with Crippen molar-refractivity contribution in [3.8, 4) is 0 Å². The third kappa shape index (κ3) is 2.09. The lowest BCUT2D eigenvalue weighted by Crippen LogP contribution is -2.32. The predicted octanol–water partition coefficient (Wildman–Crippen LogP) is 3.21. The number of fused-ring (bicyclic) bond motifs is 2. The average Bonchev–Trinajstić information content (AvgIpc) is 3.17. The second kappa shape index (κ2) is 5.02. The lowest BCUT2D eigenvalue weighted by atomic mass is 10.2. The van der Waals surface area contributed by atoms with Crippen LogP contribution in [0.25, 0.3) is 22.1 Å². The SMILES string of the molecule is O=C(NC1CCCC1)c1cc2c(=O)c3ccccc3oc2o1. The van der Waals surface area contributed by atoms with E-state index in [0.717, 1.165) is 25.7 Å². The molecule has 1 aliphatic rings. The highest BCUT2D eigenvalue weighted by molar-refractivity contribution is 5.97. The molecule has 5 heteroatoms. The molecule has 2 aromatic heterocycles. The van der Waals surface area contributed by atoms with Crippen molar-refractivity contribution in [3.05, 3.63) is 46.3 Å². The first-order valence-corrected chi connectivity index (χ1v) is 7.48. The summed E-state index contributed by atoms with van der Waals surface area (Å²) in [6, 6.07) is 8.64. The standard InChI is InChI=1S/C17H15NO4/c19-15-11-7-3-4-8-13(11)21-17-12(15)9-14(22-17)16(20)18-10-5-1-2-6-10/h3-4,7-10H,1-2,5-6H2,(H,18,20). The van der Waals surface area contributed by atoms with Crippen LogP contribution in [0.15, 0.2) is 44.0 Å². The van der Waals surface area contributed by atoms with Crippen molar-refractivity contribution in [2.24, 2.45) is 0 Å². The maximum atomic E-state index is 12.4. The minimum atomic E-state index is -0.290. The molecule has 1 aromatic carbocycles. The van der Waals surface area contributed by atoms with Crippen molar-refractivity contribution in [1.82, 2.24) is 5.32 Å². The van der Waals surface area contributed by atoms with E-state index in [0.29, 0.717) is 16.4 Å². The van der Waals surface area contributed by atoms with Crippen molar-refractivity contribution in [2.75, 3.05) is 0 Å². The van der Waals surface area contributed by atoms with E-state index in [4.69, 9.17) is 8.83 Å². The van der Waals surface area contributed by atoms with Crippen LogP contribution in [0.3, 0.4) is 0 Å². The largest absolute Gasteiger partial charge is 0.425 e. The molecule has 0 aliphatic heterocycles. The number of furan rings is 1. The summed E-state index contributed by atoms with van der Waals surface area (Å²) < 4.78 is 11.0. The Balaban J connectivity index is 1.76. The average molecular weight is 297 g/mol. The number of carbonyl (C=O) groups is 1. The highest BCUT2D eigenvalue weighted by atomic mass is 16.5. The first-order chi connectivity index (χ1) is 10.7. The van der Waals surface area contributed by atoms with Crippen molar-refractivity contribution in [1.29, 1.82) is 0 Å². The molecule has 5 nitrogen and oxygen atoms in total. The van der Waals surface area contributed by atoms with Gasteiger partial charge in [0.25, 0.3) is 5.91 Å². The molecule has 1 aliphatic carbocycles. The van der Waals surface area contributed by atoms with E-state index in [1.54, 1.807) is 24.3 Å². The fourth-order valence-electron chi connectivity index (χ4n) is 3.04. The van der Waals surface area contributed by atoms with Crippen LogP contribution < -0.4 is 10.7 Å². The van der Waals surface area contributed by atoms with Crippen LogP contribution >= 0.6 is 0 Å². The van der Waals surface area contributed by atoms with Gasteiger partial charge in [0.2, 0.25) is 5.43 Å². The summed E-state index contributed by atoms with van der Waals surface area (Å²) in [5, 5.41) is 3.73. The van der Waals surface area contributed by atoms with Crippen LogP contribution in [-0.2, 0) is 0 Å². The van der Waals surface area contributed by atoms with Gasteiger partial charge in [-0.05, 0) is 25.0 Å². The maximum Gasteiger partial charge on any atom is 0.302 e. The zero-order chi connectivity index (χ0) is 15.1. The van der Waals surface area contributed by atoms with E-state index in [1.165, 1.54) is 6.07 Å². The summed E-state index contributed by atoms with van der Waals surface area (Å²) >= 11 is 0. The molecule has 4 rings (SSSR count). The Bertz CT molecular complexity index is 915. The van der Waals surface area contributed by atoms with Crippen LogP contribution in [0, 0.1) is 0 Å². The Hall–Kier alpha value is -2.56. The summed E-state index contributed by atoms with van der Waals surface area (Å²) in [4.78, 5) is 24.6. The normalized spacial score (nSPS) is 15.6. The summed E-state index contributed by atoms with van der Waals surface area (Å²) in [5.74, 6) is -0.0694. The van der Waals surface area contributed by atoms with Gasteiger partial charge < -0.3 is 14.2 Å². The number of para-hydroxylation sites is 1. The summed E-state index contributed by atoms with van der Waals surface area (Å²) in [6.45, 7) is 0. The van der Waals surface area contributed by atoms with Gasteiger partial charge in [-0.1, -0.05) is 25.0 Å². The van der Waals surface area contributed by atoms with Gasteiger partial charge in [-0.15, -0.1) is 0 Å². The maximum absolute atomic E-state index is 12.4. The fourth-order valence-corrected chi connectivity index (χ4v) is 3.04. The van der Waals surface area contributed by atoms with Gasteiger partial charge in [0.15, 0.2) is 5.76 Å². The highest BCUT2D eigenvalue weighted by Gasteiger charge is 2.22. The number of benzene rings is 1. The Morgan fingerprint density at radius 2 is 1.86 bits per heavy atom. The lowest BCUT2D eigenvalue weighted by molar-refractivity contribution is 0.0910. The predicted molar refractivity (Wildman–Crippen MR) is 82.0 cm³/mol. The van der Waals surface area contributed by atoms with Crippen LogP contribution in [0.5, 0.6) is 0 Å². The van der Waals surface area contributed by atoms with Crippen LogP contribution in [0.2, 0.25) is 0 Å². The van der Waals surface area contributed by atoms with Gasteiger partial charge >= 0.3 is 5.78 Å². The Morgan fingerprint density at radius 1 is 1.09 bits per heavy atom. The lowest BCUT2D eigenvalue weighted by Gasteiger charge is -2.09. The van der Waals surface area contributed by atoms with Crippen LogP contribution in [0.4, 0.5) is 0 Å². The molecule has 0 atom stereocenters. The minimum Gasteiger partial charge on any atom is -0.425 e. The molecule has 1 N–H and O–H groups in total. The first kappa shape index (κ1) is 13.1. The molecule has 0 radical (unpaired) electrons. The number of hydrogen-bond donors (Lipinski definition) is 1. The highest BCUT2D eigenvalue weighted by Crippen LogP contribution is 2.23. The number of hydrogen-bond acceptors (Lipinski definition) is 4. The molecule has 0 bridgehead atoms. The molecule has 0 saturated heterocycles. The molecule has 3 aromatic rings. The molecule has 112 valence electrons. The van der Waals surface area contributed by atoms with Gasteiger partial charge in [0.1, 0.15) is 11.0 Å². The van der Waals surface area contributed by atoms with Gasteiger partial charge in [0.05, 0.1) is 5.39 Å². The monoisotopic (exact) mass is 297 g/mol. The van der Waals surface area contributed by atoms with Crippen LogP contribution in [-0.4, -0.2) is 11.9 Å². The van der Waals surface area contributed by atoms with Crippen molar-refractivity contribution >= 4 is 28.0 Å². The second-order valence-corrected chi connectivity index (χ2v) is 5.69. The zero-order valence-electron chi connectivity index (χ0n) is 11.9. The first-order valence-electron chi connectivity index (χ1n) is 7.48. The van der Waals surface area contributed by atoms with Gasteiger partial charge in [0, 0.05) is 12.1 Å². The van der Waals surface area contributed by atoms with Gasteiger partial charge in [-0.3, -0.25) is 9.59 Å². The topological polar surface area (TPSA) is 72.5 Å². The molecule has 1 amide bonds. The third-order valence-corrected chi connectivity index (χ3v) is 4.19. The van der Waals surface area contributed by atoms with E-state index in [1.807, 2.05) is 0 Å². The quantitative estimate of drug-likeness (QED) is 0.788. The number of amides is 1. The van der Waals surface area contributed by atoms with E-state index in [-0.39, 0.29) is 28.9 Å². The van der Waals surface area contributed by atoms with E-state index >= 15 is 0 Å². The second-order valence-electron chi connectivity index (χ2n) is 5.69. The number of carbonyl (C=O) groups excluding carboxylic acids is 1. The molecule has 0 spiro atoms. The minimum absolute atomic E-state index is 0.0975. The number of nitrogens with one attached hydrogen (secondary N) is 1. The van der Waals surface area contributed by atoms with E-state index in [9.17, 15) is 9.59 Å². The number of rotatable bonds is 2. The fraction of sp³-hybridized carbons (Fsp3) is 0.294. The zero-order valence-corrected chi connectivity index (χ0v) is 11.9. The summed E-state index contributed by atoms with van der Waals surface area (Å²) in [5.41, 5.74) is 0.276. The molecular formula is C17H15NO4. The van der Waals surface area contributed by atoms with Crippen LogP contribution in [0.1, 0.15) is 36.2 Å². The molecule has 22 heavy (non-hydrogen) atoms. The van der Waals surface area contributed by atoms with Crippen molar-refractivity contribution in [2.45, 2.75) is 31.7 Å². The van der Waals surface area contributed by atoms with E-state index in [2.05, 4.69) is 5.32 Å². The Morgan fingerprint density at radius 3 is 2.68 bits per heavy atom. The molecule has 1 saturated carbocycles. The van der Waals surface area contributed by atoms with Crippen molar-refractivity contribution < 1.29 is 13.6 Å². The molecular weight excluding hydrogens is 282 g/mol. The summed E-state index contributed by atoms with van der Waals surface area (Å²) in [7, 11) is 0. The molecule has 1 fully saturated rings. The van der Waals surface area contributed by atoms with Gasteiger partial charge in [-0.25, -0.2) is 0 Å². The third-order valence-electron chi connectivity index (χ3n) is 4.19. The van der Waals surface area contributed by atoms with Crippen molar-refractivity contribution in [3.63, 3.8) is 0 Å². The Labute approximate surface area is 125 Å². The van der Waals surface area contributed by atoms with E-state index < -0.39 is 0 Å². The molecule has 0 unspecified atom stereocenters. The van der Waals surface area contributed by atoms with Gasteiger partial charge in [-0.2, -0.15) is 0 Å². The smallest absolute Gasteiger partial charge is 0.302 e. The molecule has 2 heterocycles. The summed E-state index contributed by atoms with van der Waals surface area (Å²) in [6.07, 6.45) is 4.26.